The molecule has 0 aliphatic rings. The molecule has 1 aromatic heterocycles. The summed E-state index contributed by atoms with van der Waals surface area (Å²) in [5, 5.41) is 0.176. The first-order valence-corrected chi connectivity index (χ1v) is 5.55. The molecule has 19 heavy (non-hydrogen) atoms. The van der Waals surface area contributed by atoms with Crippen molar-refractivity contribution >= 4 is 23.5 Å². The second-order valence-corrected chi connectivity index (χ2v) is 4.01. The minimum absolute atomic E-state index is 0.0768. The summed E-state index contributed by atoms with van der Waals surface area (Å²) in [6.07, 6.45) is 0. The summed E-state index contributed by atoms with van der Waals surface area (Å²) in [4.78, 5) is 14.8. The highest BCUT2D eigenvalue weighted by molar-refractivity contribution is 6.33. The van der Waals surface area contributed by atoms with E-state index in [1.807, 2.05) is 0 Å². The summed E-state index contributed by atoms with van der Waals surface area (Å²) in [5.74, 6) is -1.67. The van der Waals surface area contributed by atoms with E-state index >= 15 is 0 Å². The molecular weight excluding hydrogens is 273 g/mol. The highest BCUT2D eigenvalue weighted by atomic mass is 35.5. The molecule has 2 rings (SSSR count). The molecule has 0 spiro atoms. The van der Waals surface area contributed by atoms with Crippen LogP contribution in [0.25, 0.3) is 11.3 Å². The van der Waals surface area contributed by atoms with Crippen LogP contribution in [0.1, 0.15) is 10.6 Å². The first-order chi connectivity index (χ1) is 8.99. The van der Waals surface area contributed by atoms with Gasteiger partial charge in [-0.1, -0.05) is 17.7 Å². The molecule has 7 heteroatoms. The minimum atomic E-state index is -0.751. The number of carbonyl (C=O) groups is 1. The molecule has 0 aliphatic heterocycles. The summed E-state index contributed by atoms with van der Waals surface area (Å²) in [6.45, 7) is 0. The van der Waals surface area contributed by atoms with E-state index in [0.717, 1.165) is 0 Å². The second-order valence-electron chi connectivity index (χ2n) is 3.60. The molecule has 1 heterocycles. The van der Waals surface area contributed by atoms with Gasteiger partial charge in [-0.25, -0.2) is 4.39 Å². The van der Waals surface area contributed by atoms with Crippen molar-refractivity contribution < 1.29 is 13.6 Å². The average molecular weight is 282 g/mol. The summed E-state index contributed by atoms with van der Waals surface area (Å²) >= 11 is 5.88. The van der Waals surface area contributed by atoms with Crippen molar-refractivity contribution in [1.82, 2.24) is 0 Å². The maximum Gasteiger partial charge on any atom is 0.315 e. The number of amides is 1. The molecule has 5 nitrogen and oxygen atoms in total. The summed E-state index contributed by atoms with van der Waals surface area (Å²) in [6, 6.07) is 6.98. The Bertz CT molecular complexity index is 642. The number of benzene rings is 1. The van der Waals surface area contributed by atoms with Gasteiger partial charge in [-0.15, -0.1) is 0 Å². The Hall–Kier alpha value is -2.34. The van der Waals surface area contributed by atoms with E-state index < -0.39 is 11.7 Å². The summed E-state index contributed by atoms with van der Waals surface area (Å²) < 4.78 is 18.9. The van der Waals surface area contributed by atoms with Crippen molar-refractivity contribution in [3.63, 3.8) is 0 Å². The zero-order chi connectivity index (χ0) is 14.0. The van der Waals surface area contributed by atoms with Crippen LogP contribution >= 0.6 is 11.6 Å². The number of furan rings is 1. The van der Waals surface area contributed by atoms with E-state index in [1.165, 1.54) is 30.3 Å². The zero-order valence-corrected chi connectivity index (χ0v) is 10.3. The quantitative estimate of drug-likeness (QED) is 0.651. The van der Waals surface area contributed by atoms with Gasteiger partial charge < -0.3 is 15.9 Å². The topological polar surface area (TPSA) is 94.6 Å². The zero-order valence-electron chi connectivity index (χ0n) is 9.56. The van der Waals surface area contributed by atoms with Crippen LogP contribution in [0, 0.1) is 5.82 Å². The molecule has 0 saturated heterocycles. The van der Waals surface area contributed by atoms with Gasteiger partial charge in [0.25, 0.3) is 0 Å². The number of nitrogens with zero attached hydrogens (tertiary/aromatic N) is 1. The van der Waals surface area contributed by atoms with Crippen molar-refractivity contribution in [3.8, 4) is 11.3 Å². The van der Waals surface area contributed by atoms with Crippen LogP contribution in [0.3, 0.4) is 0 Å². The lowest BCUT2D eigenvalue weighted by Gasteiger charge is -2.01. The largest absolute Gasteiger partial charge is 0.451 e. The van der Waals surface area contributed by atoms with Crippen LogP contribution < -0.4 is 11.5 Å². The molecule has 98 valence electrons. The Balaban J connectivity index is 2.42. The predicted molar refractivity (Wildman–Crippen MR) is 69.3 cm³/mol. The number of hydrogen-bond donors (Lipinski definition) is 2. The maximum absolute atomic E-state index is 13.7. The smallest absolute Gasteiger partial charge is 0.315 e. The molecule has 0 radical (unpaired) electrons. The van der Waals surface area contributed by atoms with Gasteiger partial charge in [-0.3, -0.25) is 4.79 Å². The number of carbonyl (C=O) groups excluding carboxylic acids is 1. The van der Waals surface area contributed by atoms with E-state index in [4.69, 9.17) is 27.5 Å². The fourth-order valence-electron chi connectivity index (χ4n) is 1.49. The first kappa shape index (κ1) is 13.1. The van der Waals surface area contributed by atoms with Crippen LogP contribution in [0.2, 0.25) is 5.02 Å². The van der Waals surface area contributed by atoms with Gasteiger partial charge in [0, 0.05) is 0 Å². The normalized spacial score (nSPS) is 10.2. The van der Waals surface area contributed by atoms with Crippen LogP contribution in [0.15, 0.2) is 39.7 Å². The van der Waals surface area contributed by atoms with Crippen LogP contribution in [-0.2, 0) is 0 Å². The predicted octanol–water partition coefficient (Wildman–Crippen LogP) is 2.15. The Morgan fingerprint density at radius 3 is 2.63 bits per heavy atom. The SMILES string of the molecule is NC(N)=NC(=O)c1ccc(-c2c(F)cccc2Cl)o1. The van der Waals surface area contributed by atoms with E-state index in [-0.39, 0.29) is 28.1 Å². The first-order valence-electron chi connectivity index (χ1n) is 5.17. The molecule has 0 atom stereocenters. The van der Waals surface area contributed by atoms with Gasteiger partial charge in [0.05, 0.1) is 10.6 Å². The summed E-state index contributed by atoms with van der Waals surface area (Å²) in [5.41, 5.74) is 10.2. The average Bonchev–Trinajstić information content (AvgIpc) is 2.77. The molecule has 2 aromatic rings. The van der Waals surface area contributed by atoms with E-state index in [1.54, 1.807) is 0 Å². The van der Waals surface area contributed by atoms with Crippen molar-refractivity contribution in [3.05, 3.63) is 46.9 Å². The Morgan fingerprint density at radius 1 is 1.26 bits per heavy atom. The molecule has 1 aromatic carbocycles. The molecule has 0 saturated carbocycles. The standard InChI is InChI=1S/C12H9ClFN3O2/c13-6-2-1-3-7(14)10(6)8-4-5-9(19-8)11(18)17-12(15)16/h1-5H,(H4,15,16,17,18). The molecular formula is C12H9ClFN3O2. The van der Waals surface area contributed by atoms with Gasteiger partial charge in [-0.2, -0.15) is 4.99 Å². The van der Waals surface area contributed by atoms with Crippen molar-refractivity contribution in [2.45, 2.75) is 0 Å². The third-order valence-electron chi connectivity index (χ3n) is 2.26. The molecule has 1 amide bonds. The molecule has 0 fully saturated rings. The monoisotopic (exact) mass is 281 g/mol. The van der Waals surface area contributed by atoms with Gasteiger partial charge >= 0.3 is 5.91 Å². The van der Waals surface area contributed by atoms with E-state index in [2.05, 4.69) is 4.99 Å². The number of halogens is 2. The fraction of sp³-hybridized carbons (Fsp3) is 0. The third kappa shape index (κ3) is 2.74. The van der Waals surface area contributed by atoms with E-state index in [9.17, 15) is 9.18 Å². The van der Waals surface area contributed by atoms with Gasteiger partial charge in [0.15, 0.2) is 11.7 Å². The Morgan fingerprint density at radius 2 is 2.00 bits per heavy atom. The van der Waals surface area contributed by atoms with Crippen LogP contribution in [0.5, 0.6) is 0 Å². The number of rotatable bonds is 2. The lowest BCUT2D eigenvalue weighted by Crippen LogP contribution is -2.24. The van der Waals surface area contributed by atoms with E-state index in [0.29, 0.717) is 0 Å². The van der Waals surface area contributed by atoms with Gasteiger partial charge in [-0.05, 0) is 24.3 Å². The number of nitrogens with two attached hydrogens (primary N) is 2. The molecule has 0 bridgehead atoms. The Kier molecular flexibility index (Phi) is 3.52. The lowest BCUT2D eigenvalue weighted by atomic mass is 10.1. The number of guanidine groups is 1. The van der Waals surface area contributed by atoms with Crippen LogP contribution in [-0.4, -0.2) is 11.9 Å². The Labute approximate surface area is 112 Å². The molecule has 0 aliphatic carbocycles. The third-order valence-corrected chi connectivity index (χ3v) is 2.57. The van der Waals surface area contributed by atoms with Gasteiger partial charge in [0.2, 0.25) is 0 Å². The van der Waals surface area contributed by atoms with Crippen LogP contribution in [0.4, 0.5) is 4.39 Å². The van der Waals surface area contributed by atoms with Gasteiger partial charge in [0.1, 0.15) is 11.6 Å². The summed E-state index contributed by atoms with van der Waals surface area (Å²) in [7, 11) is 0. The van der Waals surface area contributed by atoms with Crippen molar-refractivity contribution in [2.75, 3.05) is 0 Å². The molecule has 4 N–H and O–H groups in total. The number of aliphatic imine (C=N–C) groups is 1. The van der Waals surface area contributed by atoms with Crippen molar-refractivity contribution in [1.29, 1.82) is 0 Å². The number of hydrogen-bond acceptors (Lipinski definition) is 2. The second kappa shape index (κ2) is 5.11. The highest BCUT2D eigenvalue weighted by Gasteiger charge is 2.16. The maximum atomic E-state index is 13.7. The fourth-order valence-corrected chi connectivity index (χ4v) is 1.75. The molecule has 0 unspecified atom stereocenters. The lowest BCUT2D eigenvalue weighted by molar-refractivity contribution is 0.0977. The van der Waals surface area contributed by atoms with Crippen molar-refractivity contribution in [2.24, 2.45) is 16.5 Å². The highest BCUT2D eigenvalue weighted by Crippen LogP contribution is 2.31. The minimum Gasteiger partial charge on any atom is -0.451 e.